The maximum absolute atomic E-state index is 11.0. The van der Waals surface area contributed by atoms with Gasteiger partial charge in [-0.1, -0.05) is 0 Å². The summed E-state index contributed by atoms with van der Waals surface area (Å²) in [4.78, 5) is 11.0. The molecule has 0 amide bonds. The maximum Gasteiger partial charge on any atom is 0.374 e. The summed E-state index contributed by atoms with van der Waals surface area (Å²) in [6.07, 6.45) is 0. The fourth-order valence-corrected chi connectivity index (χ4v) is 0.824. The van der Waals surface area contributed by atoms with Crippen LogP contribution in [0.5, 0.6) is 0 Å². The van der Waals surface area contributed by atoms with E-state index >= 15 is 0 Å². The summed E-state index contributed by atoms with van der Waals surface area (Å²) in [5.41, 5.74) is 3.63. The van der Waals surface area contributed by atoms with Crippen molar-refractivity contribution in [1.82, 2.24) is 0 Å². The molecular formula is C8H12NO3+. The van der Waals surface area contributed by atoms with E-state index in [1.165, 1.54) is 0 Å². The van der Waals surface area contributed by atoms with Gasteiger partial charge in [-0.25, -0.2) is 4.79 Å². The zero-order valence-electron chi connectivity index (χ0n) is 7.00. The monoisotopic (exact) mass is 170 g/mol. The number of carbonyl (C=O) groups is 1. The van der Waals surface area contributed by atoms with Crippen LogP contribution >= 0.6 is 0 Å². The van der Waals surface area contributed by atoms with Gasteiger partial charge in [0.1, 0.15) is 6.54 Å². The standard InChI is InChI=1S/C8H11NO3/c1-2-11-8(10)7-4-3-6(5-9)12-7/h3-4H,2,5,9H2,1H3/p+1. The van der Waals surface area contributed by atoms with E-state index < -0.39 is 5.97 Å². The number of furan rings is 1. The third-order valence-electron chi connectivity index (χ3n) is 1.38. The molecule has 0 aromatic carbocycles. The highest BCUT2D eigenvalue weighted by atomic mass is 16.5. The van der Waals surface area contributed by atoms with E-state index in [-0.39, 0.29) is 5.76 Å². The van der Waals surface area contributed by atoms with E-state index in [0.717, 1.165) is 0 Å². The summed E-state index contributed by atoms with van der Waals surface area (Å²) in [6.45, 7) is 2.65. The zero-order chi connectivity index (χ0) is 8.97. The van der Waals surface area contributed by atoms with Crippen molar-refractivity contribution >= 4 is 5.97 Å². The topological polar surface area (TPSA) is 67.1 Å². The summed E-state index contributed by atoms with van der Waals surface area (Å²) in [5.74, 6) is 0.519. The molecule has 1 aromatic rings. The number of rotatable bonds is 3. The highest BCUT2D eigenvalue weighted by Crippen LogP contribution is 2.07. The Balaban J connectivity index is 2.68. The second-order valence-electron chi connectivity index (χ2n) is 2.24. The minimum absolute atomic E-state index is 0.246. The predicted octanol–water partition coefficient (Wildman–Crippen LogP) is 0.198. The Morgan fingerprint density at radius 3 is 2.92 bits per heavy atom. The number of esters is 1. The minimum Gasteiger partial charge on any atom is -0.460 e. The summed E-state index contributed by atoms with van der Waals surface area (Å²) in [7, 11) is 0. The molecule has 12 heavy (non-hydrogen) atoms. The third kappa shape index (κ3) is 1.85. The smallest absolute Gasteiger partial charge is 0.374 e. The van der Waals surface area contributed by atoms with Crippen LogP contribution in [-0.2, 0) is 11.3 Å². The quantitative estimate of drug-likeness (QED) is 0.659. The largest absolute Gasteiger partial charge is 0.460 e. The molecule has 66 valence electrons. The first-order valence-corrected chi connectivity index (χ1v) is 3.83. The second-order valence-corrected chi connectivity index (χ2v) is 2.24. The fraction of sp³-hybridized carbons (Fsp3) is 0.375. The predicted molar refractivity (Wildman–Crippen MR) is 41.3 cm³/mol. The number of carbonyl (C=O) groups excluding carboxylic acids is 1. The van der Waals surface area contributed by atoms with Crippen molar-refractivity contribution in [3.63, 3.8) is 0 Å². The average Bonchev–Trinajstić information content (AvgIpc) is 2.52. The molecule has 3 N–H and O–H groups in total. The van der Waals surface area contributed by atoms with Crippen LogP contribution in [0.1, 0.15) is 23.2 Å². The first-order chi connectivity index (χ1) is 5.77. The first kappa shape index (κ1) is 8.80. The van der Waals surface area contributed by atoms with Crippen molar-refractivity contribution in [3.8, 4) is 0 Å². The van der Waals surface area contributed by atoms with Crippen molar-refractivity contribution in [2.45, 2.75) is 13.5 Å². The molecule has 0 bridgehead atoms. The van der Waals surface area contributed by atoms with Gasteiger partial charge in [0.05, 0.1) is 6.61 Å². The number of hydrogen-bond acceptors (Lipinski definition) is 3. The molecule has 4 nitrogen and oxygen atoms in total. The van der Waals surface area contributed by atoms with Crippen LogP contribution in [0.3, 0.4) is 0 Å². The molecule has 4 heteroatoms. The van der Waals surface area contributed by atoms with Crippen molar-refractivity contribution in [2.75, 3.05) is 6.61 Å². The van der Waals surface area contributed by atoms with Gasteiger partial charge in [-0.05, 0) is 19.1 Å². The third-order valence-corrected chi connectivity index (χ3v) is 1.38. The molecular weight excluding hydrogens is 158 g/mol. The number of quaternary nitrogens is 1. The SMILES string of the molecule is CCOC(=O)c1ccc(C[NH3+])o1. The lowest BCUT2D eigenvalue weighted by molar-refractivity contribution is -0.390. The highest BCUT2D eigenvalue weighted by Gasteiger charge is 2.11. The van der Waals surface area contributed by atoms with E-state index in [1.54, 1.807) is 19.1 Å². The molecule has 0 aliphatic heterocycles. The summed E-state index contributed by atoms with van der Waals surface area (Å²) < 4.78 is 9.84. The maximum atomic E-state index is 11.0. The first-order valence-electron chi connectivity index (χ1n) is 3.83. The van der Waals surface area contributed by atoms with E-state index in [1.807, 2.05) is 0 Å². The lowest BCUT2D eigenvalue weighted by Gasteiger charge is -1.95. The van der Waals surface area contributed by atoms with Gasteiger partial charge in [-0.15, -0.1) is 0 Å². The Labute approximate surface area is 70.3 Å². The molecule has 1 rings (SSSR count). The van der Waals surface area contributed by atoms with Crippen LogP contribution in [0.4, 0.5) is 0 Å². The van der Waals surface area contributed by atoms with Crippen molar-refractivity contribution in [3.05, 3.63) is 23.7 Å². The minimum atomic E-state index is -0.419. The normalized spacial score (nSPS) is 9.83. The highest BCUT2D eigenvalue weighted by molar-refractivity contribution is 5.86. The van der Waals surface area contributed by atoms with Gasteiger partial charge >= 0.3 is 5.97 Å². The van der Waals surface area contributed by atoms with Crippen LogP contribution in [-0.4, -0.2) is 12.6 Å². The van der Waals surface area contributed by atoms with Crippen LogP contribution < -0.4 is 5.73 Å². The zero-order valence-corrected chi connectivity index (χ0v) is 7.00. The van der Waals surface area contributed by atoms with E-state index in [0.29, 0.717) is 18.9 Å². The van der Waals surface area contributed by atoms with Crippen LogP contribution in [0.2, 0.25) is 0 Å². The van der Waals surface area contributed by atoms with Gasteiger partial charge < -0.3 is 14.9 Å². The summed E-state index contributed by atoms with van der Waals surface area (Å²) in [6, 6.07) is 3.32. The lowest BCUT2D eigenvalue weighted by atomic mass is 10.4. The number of hydrogen-bond donors (Lipinski definition) is 1. The van der Waals surface area contributed by atoms with Crippen LogP contribution in [0, 0.1) is 0 Å². The average molecular weight is 170 g/mol. The lowest BCUT2D eigenvalue weighted by Crippen LogP contribution is -2.47. The van der Waals surface area contributed by atoms with Gasteiger partial charge in [0.25, 0.3) is 0 Å². The number of ether oxygens (including phenoxy) is 1. The van der Waals surface area contributed by atoms with Gasteiger partial charge in [0, 0.05) is 0 Å². The molecule has 0 spiro atoms. The molecule has 0 saturated heterocycles. The van der Waals surface area contributed by atoms with Crippen LogP contribution in [0.15, 0.2) is 16.5 Å². The van der Waals surface area contributed by atoms with Crippen molar-refractivity contribution in [1.29, 1.82) is 0 Å². The Kier molecular flexibility index (Phi) is 2.88. The Morgan fingerprint density at radius 2 is 2.42 bits per heavy atom. The molecule has 0 saturated carbocycles. The van der Waals surface area contributed by atoms with Gasteiger partial charge in [0.15, 0.2) is 5.76 Å². The summed E-state index contributed by atoms with van der Waals surface area (Å²) in [5, 5.41) is 0. The van der Waals surface area contributed by atoms with Crippen LogP contribution in [0.25, 0.3) is 0 Å². The second kappa shape index (κ2) is 3.92. The molecule has 0 fully saturated rings. The Morgan fingerprint density at radius 1 is 1.67 bits per heavy atom. The molecule has 0 atom stereocenters. The van der Waals surface area contributed by atoms with Crippen molar-refractivity contribution in [2.24, 2.45) is 0 Å². The van der Waals surface area contributed by atoms with Gasteiger partial charge in [-0.2, -0.15) is 0 Å². The molecule has 1 heterocycles. The molecule has 0 radical (unpaired) electrons. The van der Waals surface area contributed by atoms with E-state index in [2.05, 4.69) is 5.73 Å². The molecule has 0 aliphatic carbocycles. The van der Waals surface area contributed by atoms with E-state index in [4.69, 9.17) is 9.15 Å². The Hall–Kier alpha value is -1.29. The van der Waals surface area contributed by atoms with Crippen molar-refractivity contribution < 1.29 is 19.7 Å². The van der Waals surface area contributed by atoms with Gasteiger partial charge in [0.2, 0.25) is 5.76 Å². The Bertz CT molecular complexity index is 267. The molecule has 0 unspecified atom stereocenters. The summed E-state index contributed by atoms with van der Waals surface area (Å²) >= 11 is 0. The fourth-order valence-electron chi connectivity index (χ4n) is 0.824. The van der Waals surface area contributed by atoms with E-state index in [9.17, 15) is 4.79 Å². The molecule has 0 aliphatic rings. The molecule has 1 aromatic heterocycles. The van der Waals surface area contributed by atoms with Gasteiger partial charge in [-0.3, -0.25) is 0 Å².